The maximum atomic E-state index is 3.59. The summed E-state index contributed by atoms with van der Waals surface area (Å²) in [5.74, 6) is 0.598. The van der Waals surface area contributed by atoms with E-state index < -0.39 is 0 Å². The highest BCUT2D eigenvalue weighted by atomic mass is 14.9. The smallest absolute Gasteiger partial charge is 0.0322 e. The monoisotopic (exact) mass is 249 g/mol. The Balaban J connectivity index is 1.75. The van der Waals surface area contributed by atoms with Gasteiger partial charge in [0.25, 0.3) is 0 Å². The molecular weight excluding hydrogens is 230 g/mol. The van der Waals surface area contributed by atoms with Crippen molar-refractivity contribution < 1.29 is 0 Å². The molecule has 19 heavy (non-hydrogen) atoms. The minimum atomic E-state index is 0.447. The first-order chi connectivity index (χ1) is 9.43. The van der Waals surface area contributed by atoms with Gasteiger partial charge in [-0.25, -0.2) is 0 Å². The molecule has 3 rings (SSSR count). The van der Waals surface area contributed by atoms with Crippen LogP contribution in [0, 0.1) is 0 Å². The Kier molecular flexibility index (Phi) is 3.75. The zero-order valence-corrected chi connectivity index (χ0v) is 11.0. The van der Waals surface area contributed by atoms with Gasteiger partial charge in [0, 0.05) is 12.0 Å². The third-order valence-electron chi connectivity index (χ3n) is 3.79. The molecule has 0 bridgehead atoms. The van der Waals surface area contributed by atoms with Crippen LogP contribution >= 0.6 is 0 Å². The highest BCUT2D eigenvalue weighted by Gasteiger charge is 2.25. The molecule has 1 fully saturated rings. The maximum absolute atomic E-state index is 3.59. The van der Waals surface area contributed by atoms with Crippen LogP contribution in [0.3, 0.4) is 0 Å². The molecule has 1 heterocycles. The lowest BCUT2D eigenvalue weighted by Gasteiger charge is -2.16. The number of hydrogen-bond acceptors (Lipinski definition) is 1. The minimum absolute atomic E-state index is 0.447. The van der Waals surface area contributed by atoms with Crippen LogP contribution in [0.1, 0.15) is 23.5 Å². The van der Waals surface area contributed by atoms with Crippen LogP contribution < -0.4 is 5.32 Å². The van der Waals surface area contributed by atoms with Crippen LogP contribution in [-0.4, -0.2) is 12.6 Å². The number of nitrogens with one attached hydrogen (secondary N) is 1. The second-order valence-corrected chi connectivity index (χ2v) is 5.06. The summed E-state index contributed by atoms with van der Waals surface area (Å²) in [5.41, 5.74) is 2.71. The van der Waals surface area contributed by atoms with E-state index in [-0.39, 0.29) is 0 Å². The van der Waals surface area contributed by atoms with Crippen LogP contribution in [-0.2, 0) is 0 Å². The molecule has 2 aromatic carbocycles. The van der Waals surface area contributed by atoms with Crippen molar-refractivity contribution in [3.63, 3.8) is 0 Å². The molecule has 0 unspecified atom stereocenters. The van der Waals surface area contributed by atoms with Crippen LogP contribution in [0.2, 0.25) is 0 Å². The van der Waals surface area contributed by atoms with Gasteiger partial charge >= 0.3 is 0 Å². The summed E-state index contributed by atoms with van der Waals surface area (Å²) in [6, 6.07) is 21.8. The van der Waals surface area contributed by atoms with Crippen LogP contribution in [0.5, 0.6) is 0 Å². The second-order valence-electron chi connectivity index (χ2n) is 5.06. The lowest BCUT2D eigenvalue weighted by molar-refractivity contribution is 0.650. The van der Waals surface area contributed by atoms with E-state index in [1.807, 2.05) is 0 Å². The quantitative estimate of drug-likeness (QED) is 0.871. The van der Waals surface area contributed by atoms with Crippen molar-refractivity contribution in [2.75, 3.05) is 6.54 Å². The molecule has 1 heteroatoms. The highest BCUT2D eigenvalue weighted by Crippen LogP contribution is 2.28. The molecule has 2 atom stereocenters. The second kappa shape index (κ2) is 5.85. The summed E-state index contributed by atoms with van der Waals surface area (Å²) in [4.78, 5) is 0. The predicted octanol–water partition coefficient (Wildman–Crippen LogP) is 3.85. The molecule has 1 aliphatic rings. The van der Waals surface area contributed by atoms with Gasteiger partial charge in [-0.05, 0) is 24.1 Å². The Bertz CT molecular complexity index is 530. The van der Waals surface area contributed by atoms with E-state index in [0.717, 1.165) is 6.54 Å². The molecule has 2 aromatic rings. The first kappa shape index (κ1) is 12.2. The van der Waals surface area contributed by atoms with Gasteiger partial charge in [0.05, 0.1) is 0 Å². The van der Waals surface area contributed by atoms with Gasteiger partial charge in [-0.2, -0.15) is 0 Å². The van der Waals surface area contributed by atoms with Gasteiger partial charge in [0.15, 0.2) is 0 Å². The predicted molar refractivity (Wildman–Crippen MR) is 81.1 cm³/mol. The van der Waals surface area contributed by atoms with Crippen molar-refractivity contribution in [2.45, 2.75) is 18.4 Å². The lowest BCUT2D eigenvalue weighted by atomic mass is 9.91. The zero-order valence-electron chi connectivity index (χ0n) is 11.0. The Hall–Kier alpha value is -1.86. The Labute approximate surface area is 115 Å². The molecule has 0 amide bonds. The Morgan fingerprint density at radius 3 is 2.32 bits per heavy atom. The molecule has 1 nitrogen and oxygen atoms in total. The first-order valence-corrected chi connectivity index (χ1v) is 6.95. The summed E-state index contributed by atoms with van der Waals surface area (Å²) < 4.78 is 0. The molecule has 1 saturated heterocycles. The normalized spacial score (nSPS) is 22.9. The van der Waals surface area contributed by atoms with E-state index in [0.29, 0.717) is 12.0 Å². The number of rotatable bonds is 3. The molecule has 1 N–H and O–H groups in total. The standard InChI is InChI=1S/C18H19N/c1-3-7-15(8-4-1)11-12-18-17(13-14-19-18)16-9-5-2-6-10-16/h1-12,17-19H,13-14H2/b12-11+/t17-,18-/m1/s1. The van der Waals surface area contributed by atoms with Crippen molar-refractivity contribution in [3.8, 4) is 0 Å². The van der Waals surface area contributed by atoms with Crippen molar-refractivity contribution in [2.24, 2.45) is 0 Å². The van der Waals surface area contributed by atoms with E-state index in [4.69, 9.17) is 0 Å². The summed E-state index contributed by atoms with van der Waals surface area (Å²) in [7, 11) is 0. The fraction of sp³-hybridized carbons (Fsp3) is 0.222. The summed E-state index contributed by atoms with van der Waals surface area (Å²) >= 11 is 0. The molecule has 0 aromatic heterocycles. The average Bonchev–Trinajstić information content (AvgIpc) is 2.95. The maximum Gasteiger partial charge on any atom is 0.0322 e. The van der Waals surface area contributed by atoms with E-state index >= 15 is 0 Å². The Morgan fingerprint density at radius 1 is 0.895 bits per heavy atom. The number of benzene rings is 2. The minimum Gasteiger partial charge on any atom is -0.310 e. The van der Waals surface area contributed by atoms with Gasteiger partial charge < -0.3 is 5.32 Å². The molecule has 0 aliphatic carbocycles. The van der Waals surface area contributed by atoms with E-state index in [1.54, 1.807) is 0 Å². The number of hydrogen-bond donors (Lipinski definition) is 1. The molecule has 1 aliphatic heterocycles. The molecule has 96 valence electrons. The largest absolute Gasteiger partial charge is 0.310 e. The van der Waals surface area contributed by atoms with E-state index in [2.05, 4.69) is 78.1 Å². The summed E-state index contributed by atoms with van der Waals surface area (Å²) in [6.07, 6.45) is 5.74. The van der Waals surface area contributed by atoms with Gasteiger partial charge in [0.2, 0.25) is 0 Å². The Morgan fingerprint density at radius 2 is 1.58 bits per heavy atom. The van der Waals surface area contributed by atoms with Gasteiger partial charge in [0.1, 0.15) is 0 Å². The third kappa shape index (κ3) is 2.94. The van der Waals surface area contributed by atoms with E-state index in [1.165, 1.54) is 17.5 Å². The molecular formula is C18H19N. The average molecular weight is 249 g/mol. The molecule has 0 saturated carbocycles. The topological polar surface area (TPSA) is 12.0 Å². The summed E-state index contributed by atoms with van der Waals surface area (Å²) in [5, 5.41) is 3.59. The highest BCUT2D eigenvalue weighted by molar-refractivity contribution is 5.50. The van der Waals surface area contributed by atoms with Crippen molar-refractivity contribution >= 4 is 6.08 Å². The van der Waals surface area contributed by atoms with Crippen molar-refractivity contribution in [1.29, 1.82) is 0 Å². The van der Waals surface area contributed by atoms with Gasteiger partial charge in [-0.1, -0.05) is 72.8 Å². The molecule has 0 spiro atoms. The molecule has 0 radical (unpaired) electrons. The van der Waals surface area contributed by atoms with Gasteiger partial charge in [-0.15, -0.1) is 0 Å². The zero-order chi connectivity index (χ0) is 12.9. The third-order valence-corrected chi connectivity index (χ3v) is 3.79. The van der Waals surface area contributed by atoms with Crippen LogP contribution in [0.25, 0.3) is 6.08 Å². The van der Waals surface area contributed by atoms with Crippen molar-refractivity contribution in [1.82, 2.24) is 5.32 Å². The van der Waals surface area contributed by atoms with E-state index in [9.17, 15) is 0 Å². The fourth-order valence-corrected chi connectivity index (χ4v) is 2.78. The SMILES string of the molecule is C(=C\[C@H]1NCC[C@@H]1c1ccccc1)/c1ccccc1. The van der Waals surface area contributed by atoms with Gasteiger partial charge in [-0.3, -0.25) is 0 Å². The fourth-order valence-electron chi connectivity index (χ4n) is 2.78. The van der Waals surface area contributed by atoms with Crippen LogP contribution in [0.4, 0.5) is 0 Å². The van der Waals surface area contributed by atoms with Crippen LogP contribution in [0.15, 0.2) is 66.7 Å². The van der Waals surface area contributed by atoms with Crippen molar-refractivity contribution in [3.05, 3.63) is 77.9 Å². The summed E-state index contributed by atoms with van der Waals surface area (Å²) in [6.45, 7) is 1.10. The lowest BCUT2D eigenvalue weighted by Crippen LogP contribution is -2.23. The first-order valence-electron chi connectivity index (χ1n) is 6.95.